The number of hydrogen-bond acceptors (Lipinski definition) is 2. The minimum Gasteiger partial charge on any atom is -0.464 e. The molecule has 2 nitrogen and oxygen atoms in total. The summed E-state index contributed by atoms with van der Waals surface area (Å²) in [5, 5.41) is -0.782. The third kappa shape index (κ3) is 5.59. The molecule has 0 amide bonds. The second-order valence-corrected chi connectivity index (χ2v) is 3.42. The normalized spacial score (nSPS) is 15.6. The monoisotopic (exact) mass is 218 g/mol. The van der Waals surface area contributed by atoms with Crippen molar-refractivity contribution < 1.29 is 9.53 Å². The third-order valence-electron chi connectivity index (χ3n) is 0.986. The second kappa shape index (κ2) is 5.92. The second-order valence-electron chi connectivity index (χ2n) is 1.99. The highest BCUT2D eigenvalue weighted by atomic mass is 35.5. The van der Waals surface area contributed by atoms with E-state index in [1.807, 2.05) is 0 Å². The van der Waals surface area contributed by atoms with Crippen molar-refractivity contribution in [2.75, 3.05) is 12.5 Å². The number of alkyl halides is 3. The van der Waals surface area contributed by atoms with E-state index in [0.717, 1.165) is 0 Å². The molecule has 0 aromatic carbocycles. The van der Waals surface area contributed by atoms with E-state index in [9.17, 15) is 4.79 Å². The first kappa shape index (κ1) is 11.3. The van der Waals surface area contributed by atoms with Crippen LogP contribution in [0.3, 0.4) is 0 Å². The summed E-state index contributed by atoms with van der Waals surface area (Å²) < 4.78 is 4.61. The van der Waals surface area contributed by atoms with Crippen LogP contribution < -0.4 is 0 Å². The predicted molar refractivity (Wildman–Crippen MR) is 46.6 cm³/mol. The van der Waals surface area contributed by atoms with E-state index < -0.39 is 5.38 Å². The first-order valence-corrected chi connectivity index (χ1v) is 4.46. The van der Waals surface area contributed by atoms with Gasteiger partial charge >= 0.3 is 5.97 Å². The highest BCUT2D eigenvalue weighted by Gasteiger charge is 2.16. The first-order valence-electron chi connectivity index (χ1n) is 3.05. The van der Waals surface area contributed by atoms with E-state index in [4.69, 9.17) is 34.8 Å². The van der Waals surface area contributed by atoms with Crippen LogP contribution in [0.25, 0.3) is 0 Å². The molecular formula is C6H9Cl3O2. The molecule has 0 aliphatic rings. The molecule has 0 aromatic heterocycles. The average Bonchev–Trinajstić information content (AvgIpc) is 1.98. The average molecular weight is 219 g/mol. The van der Waals surface area contributed by atoms with Crippen LogP contribution in [0.4, 0.5) is 0 Å². The smallest absolute Gasteiger partial charge is 0.302 e. The zero-order valence-electron chi connectivity index (χ0n) is 6.02. The van der Waals surface area contributed by atoms with Gasteiger partial charge in [0.05, 0.1) is 10.8 Å². The Morgan fingerprint density at radius 3 is 2.36 bits per heavy atom. The fourth-order valence-electron chi connectivity index (χ4n) is 0.398. The SMILES string of the molecule is CC(=O)OC[C@H](Cl)[C@H](Cl)CCl. The quantitative estimate of drug-likeness (QED) is 0.534. The molecule has 0 aromatic rings. The van der Waals surface area contributed by atoms with Gasteiger partial charge in [0.1, 0.15) is 6.61 Å². The lowest BCUT2D eigenvalue weighted by Gasteiger charge is -2.12. The standard InChI is InChI=1S/C6H9Cl3O2/c1-4(10)11-3-6(9)5(8)2-7/h5-6H,2-3H2,1H3/t5-,6+/m1/s1. The highest BCUT2D eigenvalue weighted by Crippen LogP contribution is 2.11. The van der Waals surface area contributed by atoms with Gasteiger partial charge in [0.2, 0.25) is 0 Å². The van der Waals surface area contributed by atoms with Crippen molar-refractivity contribution in [3.63, 3.8) is 0 Å². The van der Waals surface area contributed by atoms with Crippen LogP contribution in [-0.4, -0.2) is 29.2 Å². The van der Waals surface area contributed by atoms with Crippen molar-refractivity contribution in [3.8, 4) is 0 Å². The molecule has 0 unspecified atom stereocenters. The summed E-state index contributed by atoms with van der Waals surface area (Å²) in [5.74, 6) is -0.120. The summed E-state index contributed by atoms with van der Waals surface area (Å²) >= 11 is 16.7. The summed E-state index contributed by atoms with van der Waals surface area (Å²) in [4.78, 5) is 10.3. The molecular weight excluding hydrogens is 210 g/mol. The predicted octanol–water partition coefficient (Wildman–Crippen LogP) is 2.00. The van der Waals surface area contributed by atoms with E-state index in [0.29, 0.717) is 0 Å². The zero-order valence-corrected chi connectivity index (χ0v) is 8.29. The maximum absolute atomic E-state index is 10.3. The maximum Gasteiger partial charge on any atom is 0.302 e. The fourth-order valence-corrected chi connectivity index (χ4v) is 0.929. The summed E-state index contributed by atoms with van der Waals surface area (Å²) in [5.41, 5.74) is 0. The Morgan fingerprint density at radius 1 is 1.45 bits per heavy atom. The number of rotatable bonds is 4. The Bertz CT molecular complexity index is 129. The molecule has 0 rings (SSSR count). The highest BCUT2D eigenvalue weighted by molar-refractivity contribution is 6.33. The summed E-state index contributed by atoms with van der Waals surface area (Å²) in [6.07, 6.45) is 0. The van der Waals surface area contributed by atoms with Gasteiger partial charge in [-0.15, -0.1) is 34.8 Å². The zero-order chi connectivity index (χ0) is 8.85. The van der Waals surface area contributed by atoms with Crippen LogP contribution in [0.2, 0.25) is 0 Å². The molecule has 0 spiro atoms. The lowest BCUT2D eigenvalue weighted by atomic mass is 10.3. The molecule has 0 fully saturated rings. The molecule has 0 radical (unpaired) electrons. The summed E-state index contributed by atoms with van der Waals surface area (Å²) in [6, 6.07) is 0. The maximum atomic E-state index is 10.3. The molecule has 0 N–H and O–H groups in total. The molecule has 66 valence electrons. The minimum absolute atomic E-state index is 0.109. The Hall–Kier alpha value is 0.340. The van der Waals surface area contributed by atoms with Gasteiger partial charge in [-0.25, -0.2) is 0 Å². The number of esters is 1. The van der Waals surface area contributed by atoms with Gasteiger partial charge in [-0.1, -0.05) is 0 Å². The van der Waals surface area contributed by atoms with E-state index in [2.05, 4.69) is 4.74 Å². The molecule has 0 bridgehead atoms. The molecule has 0 aliphatic heterocycles. The number of carbonyl (C=O) groups is 1. The van der Waals surface area contributed by atoms with E-state index in [-0.39, 0.29) is 23.8 Å². The van der Waals surface area contributed by atoms with Gasteiger partial charge in [0, 0.05) is 12.8 Å². The van der Waals surface area contributed by atoms with Gasteiger partial charge in [0.25, 0.3) is 0 Å². The Labute approximate surface area is 80.7 Å². The molecule has 2 atom stereocenters. The van der Waals surface area contributed by atoms with Crippen LogP contribution in [0.1, 0.15) is 6.92 Å². The van der Waals surface area contributed by atoms with Crippen molar-refractivity contribution >= 4 is 40.8 Å². The van der Waals surface area contributed by atoms with Crippen LogP contribution in [0.5, 0.6) is 0 Å². The number of hydrogen-bond donors (Lipinski definition) is 0. The van der Waals surface area contributed by atoms with Gasteiger partial charge in [-0.2, -0.15) is 0 Å². The van der Waals surface area contributed by atoms with Crippen molar-refractivity contribution in [1.29, 1.82) is 0 Å². The van der Waals surface area contributed by atoms with Gasteiger partial charge in [-0.05, 0) is 0 Å². The Morgan fingerprint density at radius 2 is 2.00 bits per heavy atom. The van der Waals surface area contributed by atoms with E-state index in [1.165, 1.54) is 6.92 Å². The van der Waals surface area contributed by atoms with Gasteiger partial charge in [0.15, 0.2) is 0 Å². The number of ether oxygens (including phenoxy) is 1. The largest absolute Gasteiger partial charge is 0.464 e. The third-order valence-corrected chi connectivity index (χ3v) is 2.49. The molecule has 0 aliphatic carbocycles. The topological polar surface area (TPSA) is 26.3 Å². The van der Waals surface area contributed by atoms with Crippen molar-refractivity contribution in [2.24, 2.45) is 0 Å². The number of carbonyl (C=O) groups excluding carboxylic acids is 1. The fraction of sp³-hybridized carbons (Fsp3) is 0.833. The Kier molecular flexibility index (Phi) is 6.11. The van der Waals surface area contributed by atoms with E-state index in [1.54, 1.807) is 0 Å². The summed E-state index contributed by atoms with van der Waals surface area (Å²) in [6.45, 7) is 1.42. The minimum atomic E-state index is -0.418. The van der Waals surface area contributed by atoms with Crippen LogP contribution in [0, 0.1) is 0 Å². The van der Waals surface area contributed by atoms with Gasteiger partial charge in [-0.3, -0.25) is 4.79 Å². The number of halogens is 3. The lowest BCUT2D eigenvalue weighted by Crippen LogP contribution is -2.23. The van der Waals surface area contributed by atoms with Crippen LogP contribution >= 0.6 is 34.8 Å². The molecule has 11 heavy (non-hydrogen) atoms. The molecule has 0 heterocycles. The molecule has 0 saturated heterocycles. The molecule has 0 saturated carbocycles. The van der Waals surface area contributed by atoms with E-state index >= 15 is 0 Å². The Balaban J connectivity index is 3.51. The molecule has 5 heteroatoms. The van der Waals surface area contributed by atoms with Crippen molar-refractivity contribution in [3.05, 3.63) is 0 Å². The van der Waals surface area contributed by atoms with Crippen LogP contribution in [0.15, 0.2) is 0 Å². The first-order chi connectivity index (χ1) is 5.07. The van der Waals surface area contributed by atoms with Crippen LogP contribution in [-0.2, 0) is 9.53 Å². The summed E-state index contributed by atoms with van der Waals surface area (Å²) in [7, 11) is 0. The van der Waals surface area contributed by atoms with Crippen molar-refractivity contribution in [2.45, 2.75) is 17.7 Å². The van der Waals surface area contributed by atoms with Crippen molar-refractivity contribution in [1.82, 2.24) is 0 Å². The lowest BCUT2D eigenvalue weighted by molar-refractivity contribution is -0.140. The van der Waals surface area contributed by atoms with Gasteiger partial charge < -0.3 is 4.74 Å².